The standard InChI is InChI=1S/C27H37N5O3/c1-20-12-14-30(15-13-20)23-9-7-22(8-10-23)25-28-26(35-29-25)27(34)32-18-16-31(17-19-32)24(33)11-6-21-4-2-3-5-21/h7-10,20-21H,2-6,11-19H2,1H3. The molecule has 1 saturated carbocycles. The first kappa shape index (κ1) is 23.8. The Bertz CT molecular complexity index is 998. The molecule has 5 rings (SSSR count). The maximum absolute atomic E-state index is 12.9. The number of piperidine rings is 1. The maximum Gasteiger partial charge on any atom is 0.316 e. The van der Waals surface area contributed by atoms with Crippen LogP contribution in [0.25, 0.3) is 11.4 Å². The lowest BCUT2D eigenvalue weighted by molar-refractivity contribution is -0.133. The molecule has 35 heavy (non-hydrogen) atoms. The van der Waals surface area contributed by atoms with Crippen LogP contribution in [-0.2, 0) is 4.79 Å². The molecular formula is C27H37N5O3. The van der Waals surface area contributed by atoms with Gasteiger partial charge in [0.05, 0.1) is 0 Å². The predicted molar refractivity (Wildman–Crippen MR) is 134 cm³/mol. The van der Waals surface area contributed by atoms with Crippen molar-refractivity contribution in [3.63, 3.8) is 0 Å². The number of amides is 2. The summed E-state index contributed by atoms with van der Waals surface area (Å²) in [6, 6.07) is 8.16. The molecule has 188 valence electrons. The number of nitrogens with zero attached hydrogens (tertiary/aromatic N) is 5. The second kappa shape index (κ2) is 10.8. The average Bonchev–Trinajstić information content (AvgIpc) is 3.60. The summed E-state index contributed by atoms with van der Waals surface area (Å²) in [7, 11) is 0. The van der Waals surface area contributed by atoms with Crippen LogP contribution < -0.4 is 4.90 Å². The number of carbonyl (C=O) groups is 2. The van der Waals surface area contributed by atoms with Crippen LogP contribution in [0.2, 0.25) is 0 Å². The third kappa shape index (κ3) is 5.68. The lowest BCUT2D eigenvalue weighted by Gasteiger charge is -2.34. The Labute approximate surface area is 207 Å². The molecule has 0 N–H and O–H groups in total. The normalized spacial score (nSPS) is 20.0. The summed E-state index contributed by atoms with van der Waals surface area (Å²) in [5.41, 5.74) is 2.04. The third-order valence-electron chi connectivity index (χ3n) is 8.04. The minimum absolute atomic E-state index is 0.00936. The largest absolute Gasteiger partial charge is 0.372 e. The minimum Gasteiger partial charge on any atom is -0.372 e. The van der Waals surface area contributed by atoms with Gasteiger partial charge in [-0.2, -0.15) is 4.98 Å². The predicted octanol–water partition coefficient (Wildman–Crippen LogP) is 4.23. The van der Waals surface area contributed by atoms with Gasteiger partial charge in [-0.15, -0.1) is 0 Å². The van der Waals surface area contributed by atoms with E-state index in [0.29, 0.717) is 38.4 Å². The molecule has 0 unspecified atom stereocenters. The van der Waals surface area contributed by atoms with E-state index < -0.39 is 0 Å². The molecule has 2 aliphatic heterocycles. The Kier molecular flexibility index (Phi) is 7.35. The molecule has 0 atom stereocenters. The minimum atomic E-state index is -0.263. The molecule has 3 heterocycles. The highest BCUT2D eigenvalue weighted by Crippen LogP contribution is 2.29. The van der Waals surface area contributed by atoms with Gasteiger partial charge >= 0.3 is 11.8 Å². The van der Waals surface area contributed by atoms with E-state index in [1.165, 1.54) is 44.2 Å². The molecule has 0 bridgehead atoms. The molecule has 1 aliphatic carbocycles. The van der Waals surface area contributed by atoms with Crippen molar-refractivity contribution in [2.75, 3.05) is 44.2 Å². The molecule has 2 saturated heterocycles. The van der Waals surface area contributed by atoms with Gasteiger partial charge in [-0.05, 0) is 55.4 Å². The molecule has 0 radical (unpaired) electrons. The molecule has 1 aromatic carbocycles. The highest BCUT2D eigenvalue weighted by molar-refractivity contribution is 5.90. The lowest BCUT2D eigenvalue weighted by Crippen LogP contribution is -2.50. The van der Waals surface area contributed by atoms with Gasteiger partial charge < -0.3 is 19.2 Å². The van der Waals surface area contributed by atoms with E-state index in [1.807, 2.05) is 17.0 Å². The Morgan fingerprint density at radius 3 is 2.26 bits per heavy atom. The molecule has 1 aromatic heterocycles. The van der Waals surface area contributed by atoms with Gasteiger partial charge in [-0.1, -0.05) is 37.8 Å². The fraction of sp³-hybridized carbons (Fsp3) is 0.630. The van der Waals surface area contributed by atoms with Gasteiger partial charge in [-0.3, -0.25) is 9.59 Å². The van der Waals surface area contributed by atoms with Crippen LogP contribution in [0.1, 0.15) is 69.0 Å². The monoisotopic (exact) mass is 479 g/mol. The first-order valence-electron chi connectivity index (χ1n) is 13.3. The smallest absolute Gasteiger partial charge is 0.316 e. The van der Waals surface area contributed by atoms with Gasteiger partial charge in [0.15, 0.2) is 0 Å². The van der Waals surface area contributed by atoms with Crippen molar-refractivity contribution in [3.05, 3.63) is 30.2 Å². The first-order chi connectivity index (χ1) is 17.1. The Morgan fingerprint density at radius 1 is 0.914 bits per heavy atom. The number of benzene rings is 1. The Hall–Kier alpha value is -2.90. The quantitative estimate of drug-likeness (QED) is 0.617. The maximum atomic E-state index is 12.9. The van der Waals surface area contributed by atoms with E-state index >= 15 is 0 Å². The summed E-state index contributed by atoms with van der Waals surface area (Å²) in [6.07, 6.45) is 9.22. The van der Waals surface area contributed by atoms with Crippen LogP contribution in [0.4, 0.5) is 5.69 Å². The highest BCUT2D eigenvalue weighted by atomic mass is 16.5. The molecule has 8 nitrogen and oxygen atoms in total. The van der Waals surface area contributed by atoms with Crippen LogP contribution >= 0.6 is 0 Å². The Balaban J connectivity index is 1.12. The van der Waals surface area contributed by atoms with Gasteiger partial charge in [0.2, 0.25) is 11.7 Å². The van der Waals surface area contributed by atoms with E-state index in [2.05, 4.69) is 34.1 Å². The second-order valence-electron chi connectivity index (χ2n) is 10.5. The molecule has 2 amide bonds. The molecule has 3 aliphatic rings. The van der Waals surface area contributed by atoms with Crippen molar-refractivity contribution in [2.24, 2.45) is 11.8 Å². The van der Waals surface area contributed by atoms with Crippen molar-refractivity contribution in [1.29, 1.82) is 0 Å². The molecular weight excluding hydrogens is 442 g/mol. The second-order valence-corrected chi connectivity index (χ2v) is 10.5. The van der Waals surface area contributed by atoms with Crippen LogP contribution in [0.5, 0.6) is 0 Å². The summed E-state index contributed by atoms with van der Waals surface area (Å²) in [5, 5.41) is 4.05. The molecule has 3 fully saturated rings. The van der Waals surface area contributed by atoms with E-state index in [-0.39, 0.29) is 17.7 Å². The van der Waals surface area contributed by atoms with E-state index in [4.69, 9.17) is 4.52 Å². The number of piperazine rings is 1. The van der Waals surface area contributed by atoms with E-state index in [1.54, 1.807) is 4.90 Å². The first-order valence-corrected chi connectivity index (χ1v) is 13.3. The van der Waals surface area contributed by atoms with Crippen molar-refractivity contribution in [3.8, 4) is 11.4 Å². The lowest BCUT2D eigenvalue weighted by atomic mass is 9.98. The number of aromatic nitrogens is 2. The highest BCUT2D eigenvalue weighted by Gasteiger charge is 2.28. The zero-order valence-electron chi connectivity index (χ0n) is 20.8. The topological polar surface area (TPSA) is 82.8 Å². The fourth-order valence-corrected chi connectivity index (χ4v) is 5.59. The van der Waals surface area contributed by atoms with E-state index in [9.17, 15) is 9.59 Å². The SMILES string of the molecule is CC1CCN(c2ccc(-c3noc(C(=O)N4CCN(C(=O)CCC5CCCC5)CC4)n3)cc2)CC1. The Morgan fingerprint density at radius 2 is 1.57 bits per heavy atom. The fourth-order valence-electron chi connectivity index (χ4n) is 5.59. The summed E-state index contributed by atoms with van der Waals surface area (Å²) < 4.78 is 5.32. The van der Waals surface area contributed by atoms with Gasteiger partial charge in [0.1, 0.15) is 0 Å². The number of hydrogen-bond acceptors (Lipinski definition) is 6. The molecule has 0 spiro atoms. The molecule has 8 heteroatoms. The van der Waals surface area contributed by atoms with Crippen molar-refractivity contribution >= 4 is 17.5 Å². The number of anilines is 1. The summed E-state index contributed by atoms with van der Waals surface area (Å²) >= 11 is 0. The van der Waals surface area contributed by atoms with Gasteiger partial charge in [-0.25, -0.2) is 0 Å². The van der Waals surface area contributed by atoms with E-state index in [0.717, 1.165) is 36.9 Å². The van der Waals surface area contributed by atoms with Crippen LogP contribution in [0.3, 0.4) is 0 Å². The summed E-state index contributed by atoms with van der Waals surface area (Å²) in [6.45, 7) is 6.60. The van der Waals surface area contributed by atoms with Crippen LogP contribution in [0, 0.1) is 11.8 Å². The van der Waals surface area contributed by atoms with Crippen molar-refractivity contribution in [1.82, 2.24) is 19.9 Å². The van der Waals surface area contributed by atoms with Crippen molar-refractivity contribution < 1.29 is 14.1 Å². The zero-order chi connectivity index (χ0) is 24.2. The number of hydrogen-bond donors (Lipinski definition) is 0. The third-order valence-corrected chi connectivity index (χ3v) is 8.04. The van der Waals surface area contributed by atoms with Crippen LogP contribution in [0.15, 0.2) is 28.8 Å². The average molecular weight is 480 g/mol. The molecule has 2 aromatic rings. The number of carbonyl (C=O) groups excluding carboxylic acids is 2. The van der Waals surface area contributed by atoms with Gasteiger partial charge in [0, 0.05) is 56.9 Å². The van der Waals surface area contributed by atoms with Crippen LogP contribution in [-0.4, -0.2) is 71.0 Å². The number of rotatable bonds is 6. The van der Waals surface area contributed by atoms with Crippen molar-refractivity contribution in [2.45, 2.75) is 58.3 Å². The summed E-state index contributed by atoms with van der Waals surface area (Å²) in [5.74, 6) is 1.90. The van der Waals surface area contributed by atoms with Gasteiger partial charge in [0.25, 0.3) is 0 Å². The summed E-state index contributed by atoms with van der Waals surface area (Å²) in [4.78, 5) is 35.9. The zero-order valence-corrected chi connectivity index (χ0v) is 20.8.